The number of nitrogens with zero attached hydrogens (tertiary/aromatic N) is 1. The highest BCUT2D eigenvalue weighted by atomic mass is 32.2. The van der Waals surface area contributed by atoms with Crippen LogP contribution in [0.25, 0.3) is 0 Å². The van der Waals surface area contributed by atoms with Crippen molar-refractivity contribution in [3.05, 3.63) is 0 Å². The van der Waals surface area contributed by atoms with Crippen LogP contribution in [-0.4, -0.2) is 61.6 Å². The number of unbranched alkanes of at least 4 members (excludes halogenated alkanes) is 1. The molecule has 5 heteroatoms. The topological polar surface area (TPSA) is 44.4 Å². The molecule has 2 N–H and O–H groups in total. The highest BCUT2D eigenvalue weighted by molar-refractivity contribution is 7.98. The molecule has 1 fully saturated rings. The summed E-state index contributed by atoms with van der Waals surface area (Å²) in [6.07, 6.45) is 4.58. The summed E-state index contributed by atoms with van der Waals surface area (Å²) >= 11 is 1.89. The summed E-state index contributed by atoms with van der Waals surface area (Å²) < 4.78 is 0. The molecule has 0 aromatic carbocycles. The molecule has 17 heavy (non-hydrogen) atoms. The van der Waals surface area contributed by atoms with E-state index in [0.717, 1.165) is 32.7 Å². The lowest BCUT2D eigenvalue weighted by Gasteiger charge is -2.35. The van der Waals surface area contributed by atoms with Gasteiger partial charge in [0.05, 0.1) is 0 Å². The third-order valence-corrected chi connectivity index (χ3v) is 3.75. The Morgan fingerprint density at radius 1 is 1.53 bits per heavy atom. The summed E-state index contributed by atoms with van der Waals surface area (Å²) in [5.41, 5.74) is 0. The molecule has 1 aliphatic heterocycles. The molecule has 100 valence electrons. The van der Waals surface area contributed by atoms with Gasteiger partial charge in [-0.1, -0.05) is 0 Å². The zero-order valence-corrected chi connectivity index (χ0v) is 11.8. The summed E-state index contributed by atoms with van der Waals surface area (Å²) in [4.78, 5) is 14.2. The van der Waals surface area contributed by atoms with Crippen LogP contribution < -0.4 is 10.6 Å². The average Bonchev–Trinajstić information content (AvgIpc) is 2.35. The molecule has 1 atom stereocenters. The maximum absolute atomic E-state index is 11.9. The molecule has 1 unspecified atom stereocenters. The van der Waals surface area contributed by atoms with Gasteiger partial charge in [-0.05, 0) is 38.3 Å². The van der Waals surface area contributed by atoms with Crippen LogP contribution in [0.15, 0.2) is 0 Å². The van der Waals surface area contributed by atoms with Gasteiger partial charge in [0.15, 0.2) is 0 Å². The Bertz CT molecular complexity index is 226. The molecule has 0 aliphatic carbocycles. The molecule has 1 amide bonds. The monoisotopic (exact) mass is 259 g/mol. The predicted molar refractivity (Wildman–Crippen MR) is 74.5 cm³/mol. The van der Waals surface area contributed by atoms with Gasteiger partial charge in [-0.15, -0.1) is 0 Å². The summed E-state index contributed by atoms with van der Waals surface area (Å²) in [6.45, 7) is 6.50. The van der Waals surface area contributed by atoms with Gasteiger partial charge in [0.25, 0.3) is 0 Å². The van der Waals surface area contributed by atoms with Crippen molar-refractivity contribution < 1.29 is 4.79 Å². The Balaban J connectivity index is 2.34. The van der Waals surface area contributed by atoms with E-state index in [1.54, 1.807) is 0 Å². The van der Waals surface area contributed by atoms with Gasteiger partial charge in [0.2, 0.25) is 5.91 Å². The van der Waals surface area contributed by atoms with Gasteiger partial charge >= 0.3 is 0 Å². The third kappa shape index (κ3) is 5.27. The van der Waals surface area contributed by atoms with E-state index in [1.807, 2.05) is 18.7 Å². The Hall–Kier alpha value is -0.260. The Labute approximate surface area is 109 Å². The summed E-state index contributed by atoms with van der Waals surface area (Å²) in [7, 11) is 0. The normalized spacial score (nSPS) is 21.4. The molecule has 1 saturated heterocycles. The standard InChI is InChI=1S/C12H25N3OS/c1-3-14-12(16)11-10-13-6-8-15(11)7-4-5-9-17-2/h11,13H,3-10H2,1-2H3,(H,14,16). The smallest absolute Gasteiger partial charge is 0.238 e. The molecule has 4 nitrogen and oxygen atoms in total. The molecule has 0 radical (unpaired) electrons. The van der Waals surface area contributed by atoms with Gasteiger partial charge in [-0.2, -0.15) is 11.8 Å². The van der Waals surface area contributed by atoms with Crippen LogP contribution in [-0.2, 0) is 4.79 Å². The minimum Gasteiger partial charge on any atom is -0.355 e. The minimum atomic E-state index is 0.0259. The fourth-order valence-corrected chi connectivity index (χ4v) is 2.62. The number of nitrogens with one attached hydrogen (secondary N) is 2. The van der Waals surface area contributed by atoms with E-state index >= 15 is 0 Å². The minimum absolute atomic E-state index is 0.0259. The first-order valence-corrected chi connectivity index (χ1v) is 7.90. The predicted octanol–water partition coefficient (Wildman–Crippen LogP) is 0.540. The maximum Gasteiger partial charge on any atom is 0.238 e. The highest BCUT2D eigenvalue weighted by Gasteiger charge is 2.27. The molecule has 1 heterocycles. The molecular formula is C12H25N3OS. The van der Waals surface area contributed by atoms with Crippen molar-refractivity contribution in [1.82, 2.24) is 15.5 Å². The van der Waals surface area contributed by atoms with Crippen LogP contribution in [0.3, 0.4) is 0 Å². The molecule has 0 aromatic heterocycles. The molecular weight excluding hydrogens is 234 g/mol. The van der Waals surface area contributed by atoms with Crippen LogP contribution in [0.4, 0.5) is 0 Å². The maximum atomic E-state index is 11.9. The first kappa shape index (κ1) is 14.8. The summed E-state index contributed by atoms with van der Waals surface area (Å²) in [6, 6.07) is 0.0259. The van der Waals surface area contributed by atoms with Crippen LogP contribution in [0.2, 0.25) is 0 Å². The lowest BCUT2D eigenvalue weighted by molar-refractivity contribution is -0.127. The largest absolute Gasteiger partial charge is 0.355 e. The van der Waals surface area contributed by atoms with E-state index in [1.165, 1.54) is 18.6 Å². The molecule has 0 saturated carbocycles. The van der Waals surface area contributed by atoms with Gasteiger partial charge in [0, 0.05) is 26.2 Å². The van der Waals surface area contributed by atoms with Gasteiger partial charge < -0.3 is 10.6 Å². The lowest BCUT2D eigenvalue weighted by Crippen LogP contribution is -2.57. The fraction of sp³-hybridized carbons (Fsp3) is 0.917. The van der Waals surface area contributed by atoms with Crippen LogP contribution in [0.5, 0.6) is 0 Å². The second-order valence-corrected chi connectivity index (χ2v) is 5.34. The van der Waals surface area contributed by atoms with E-state index < -0.39 is 0 Å². The van der Waals surface area contributed by atoms with Crippen molar-refractivity contribution in [2.75, 3.05) is 44.7 Å². The van der Waals surface area contributed by atoms with Gasteiger partial charge in [0.1, 0.15) is 6.04 Å². The molecule has 1 aliphatic rings. The van der Waals surface area contributed by atoms with Crippen LogP contribution in [0, 0.1) is 0 Å². The van der Waals surface area contributed by atoms with Crippen LogP contribution >= 0.6 is 11.8 Å². The van der Waals surface area contributed by atoms with E-state index in [4.69, 9.17) is 0 Å². The summed E-state index contributed by atoms with van der Waals surface area (Å²) in [5.74, 6) is 1.39. The average molecular weight is 259 g/mol. The van der Waals surface area contributed by atoms with Crippen molar-refractivity contribution in [3.63, 3.8) is 0 Å². The van der Waals surface area contributed by atoms with E-state index in [0.29, 0.717) is 0 Å². The summed E-state index contributed by atoms with van der Waals surface area (Å²) in [5, 5.41) is 6.22. The van der Waals surface area contributed by atoms with E-state index in [9.17, 15) is 4.79 Å². The first-order chi connectivity index (χ1) is 8.29. The molecule has 1 rings (SSSR count). The number of hydrogen-bond acceptors (Lipinski definition) is 4. The Morgan fingerprint density at radius 2 is 2.35 bits per heavy atom. The van der Waals surface area contributed by atoms with Crippen molar-refractivity contribution in [3.8, 4) is 0 Å². The second-order valence-electron chi connectivity index (χ2n) is 4.35. The van der Waals surface area contributed by atoms with Gasteiger partial charge in [-0.25, -0.2) is 0 Å². The van der Waals surface area contributed by atoms with E-state index in [2.05, 4.69) is 21.8 Å². The number of carbonyl (C=O) groups excluding carboxylic acids is 1. The van der Waals surface area contributed by atoms with Crippen LogP contribution in [0.1, 0.15) is 19.8 Å². The number of carbonyl (C=O) groups is 1. The number of thioether (sulfide) groups is 1. The number of amides is 1. The highest BCUT2D eigenvalue weighted by Crippen LogP contribution is 2.07. The quantitative estimate of drug-likeness (QED) is 0.655. The Kier molecular flexibility index (Phi) is 7.64. The fourth-order valence-electron chi connectivity index (χ4n) is 2.13. The van der Waals surface area contributed by atoms with Crippen molar-refractivity contribution in [1.29, 1.82) is 0 Å². The molecule has 0 aromatic rings. The zero-order chi connectivity index (χ0) is 12.5. The van der Waals surface area contributed by atoms with Crippen molar-refractivity contribution in [2.24, 2.45) is 0 Å². The molecule has 0 spiro atoms. The third-order valence-electron chi connectivity index (χ3n) is 3.05. The SMILES string of the molecule is CCNC(=O)C1CNCCN1CCCCSC. The van der Waals surface area contributed by atoms with Crippen molar-refractivity contribution >= 4 is 17.7 Å². The number of hydrogen-bond donors (Lipinski definition) is 2. The van der Waals surface area contributed by atoms with Crippen molar-refractivity contribution in [2.45, 2.75) is 25.8 Å². The molecule has 0 bridgehead atoms. The zero-order valence-electron chi connectivity index (χ0n) is 11.0. The van der Waals surface area contributed by atoms with E-state index in [-0.39, 0.29) is 11.9 Å². The number of rotatable bonds is 7. The first-order valence-electron chi connectivity index (χ1n) is 6.51. The second kappa shape index (κ2) is 8.78. The Morgan fingerprint density at radius 3 is 3.06 bits per heavy atom. The van der Waals surface area contributed by atoms with Gasteiger partial charge in [-0.3, -0.25) is 9.69 Å². The lowest BCUT2D eigenvalue weighted by atomic mass is 10.1. The number of piperazine rings is 1. The number of likely N-dealkylation sites (N-methyl/N-ethyl adjacent to an activating group) is 1.